The number of aromatic nitrogens is 2. The minimum absolute atomic E-state index is 0.0864. The van der Waals surface area contributed by atoms with Crippen LogP contribution in [-0.4, -0.2) is 14.7 Å². The van der Waals surface area contributed by atoms with E-state index >= 15 is 0 Å². The van der Waals surface area contributed by atoms with E-state index in [1.807, 2.05) is 42.5 Å². The summed E-state index contributed by atoms with van der Waals surface area (Å²) in [5, 5.41) is 15.4. The van der Waals surface area contributed by atoms with Crippen LogP contribution in [0.2, 0.25) is 0 Å². The molecule has 5 nitrogen and oxygen atoms in total. The number of H-pyrrole nitrogens is 1. The maximum absolute atomic E-state index is 11.4. The maximum Gasteiger partial charge on any atom is 0.201 e. The zero-order chi connectivity index (χ0) is 16.1. The summed E-state index contributed by atoms with van der Waals surface area (Å²) in [6.07, 6.45) is 0. The fourth-order valence-electron chi connectivity index (χ4n) is 3.10. The molecule has 0 atom stereocenters. The summed E-state index contributed by atoms with van der Waals surface area (Å²) in [6.45, 7) is 0. The van der Waals surface area contributed by atoms with Crippen LogP contribution in [-0.2, 0) is 7.05 Å². The van der Waals surface area contributed by atoms with Crippen molar-refractivity contribution in [3.8, 4) is 17.1 Å². The molecule has 2 heterocycles. The van der Waals surface area contributed by atoms with Crippen LogP contribution in [0, 0.1) is 4.91 Å². The summed E-state index contributed by atoms with van der Waals surface area (Å²) in [6, 6.07) is 13.2. The summed E-state index contributed by atoms with van der Waals surface area (Å²) < 4.78 is 2.56. The molecule has 0 aliphatic carbocycles. The molecule has 114 valence electrons. The standard InChI is InChI=1S/C17H12BrN3O2/c1-21-16-10(6-4-7-11(16)18)13(17(21)22)15-14(20-23)9-5-2-3-8-12(9)19-15/h2-8,19,22H,1H3. The molecule has 0 unspecified atom stereocenters. The lowest BCUT2D eigenvalue weighted by Gasteiger charge is -1.99. The molecule has 0 spiro atoms. The molecular formula is C17H12BrN3O2. The van der Waals surface area contributed by atoms with E-state index in [0.717, 1.165) is 26.3 Å². The zero-order valence-electron chi connectivity index (χ0n) is 12.2. The molecule has 4 aromatic rings. The van der Waals surface area contributed by atoms with E-state index in [1.54, 1.807) is 11.6 Å². The van der Waals surface area contributed by atoms with Crippen LogP contribution in [0.25, 0.3) is 33.1 Å². The third-order valence-electron chi connectivity index (χ3n) is 4.15. The first kappa shape index (κ1) is 14.0. The third-order valence-corrected chi connectivity index (χ3v) is 4.79. The number of rotatable bonds is 2. The van der Waals surface area contributed by atoms with Gasteiger partial charge in [0, 0.05) is 27.8 Å². The van der Waals surface area contributed by atoms with Gasteiger partial charge in [-0.15, -0.1) is 4.91 Å². The fraction of sp³-hybridized carbons (Fsp3) is 0.0588. The second-order valence-electron chi connectivity index (χ2n) is 5.38. The van der Waals surface area contributed by atoms with Gasteiger partial charge in [-0.1, -0.05) is 30.3 Å². The number of nitrogens with one attached hydrogen (secondary N) is 1. The summed E-state index contributed by atoms with van der Waals surface area (Å²) in [5.41, 5.74) is 3.08. The van der Waals surface area contributed by atoms with E-state index in [0.29, 0.717) is 16.9 Å². The second kappa shape index (κ2) is 4.96. The number of hydrogen-bond donors (Lipinski definition) is 2. The molecule has 0 saturated heterocycles. The van der Waals surface area contributed by atoms with Crippen LogP contribution < -0.4 is 0 Å². The molecule has 2 aromatic heterocycles. The Bertz CT molecular complexity index is 1080. The number of aromatic amines is 1. The van der Waals surface area contributed by atoms with Gasteiger partial charge in [0.15, 0.2) is 0 Å². The van der Waals surface area contributed by atoms with Crippen LogP contribution in [0.4, 0.5) is 5.69 Å². The number of para-hydroxylation sites is 2. The molecule has 2 aromatic carbocycles. The van der Waals surface area contributed by atoms with Gasteiger partial charge < -0.3 is 14.7 Å². The van der Waals surface area contributed by atoms with E-state index < -0.39 is 0 Å². The predicted octanol–water partition coefficient (Wildman–Crippen LogP) is 5.19. The number of nitroso groups, excluding NO2 is 1. The average molecular weight is 370 g/mol. The number of aromatic hydroxyl groups is 1. The molecule has 0 fully saturated rings. The lowest BCUT2D eigenvalue weighted by Crippen LogP contribution is -1.86. The summed E-state index contributed by atoms with van der Waals surface area (Å²) in [4.78, 5) is 14.6. The minimum atomic E-state index is 0.0864. The van der Waals surface area contributed by atoms with Gasteiger partial charge in [-0.25, -0.2) is 0 Å². The van der Waals surface area contributed by atoms with Crippen molar-refractivity contribution in [2.24, 2.45) is 12.2 Å². The van der Waals surface area contributed by atoms with Gasteiger partial charge >= 0.3 is 0 Å². The topological polar surface area (TPSA) is 70.4 Å². The number of benzene rings is 2. The van der Waals surface area contributed by atoms with Gasteiger partial charge in [0.05, 0.1) is 16.8 Å². The van der Waals surface area contributed by atoms with E-state index in [2.05, 4.69) is 26.1 Å². The van der Waals surface area contributed by atoms with Crippen molar-refractivity contribution in [1.82, 2.24) is 9.55 Å². The molecule has 0 amide bonds. The molecule has 0 aliphatic rings. The van der Waals surface area contributed by atoms with Crippen molar-refractivity contribution in [3.05, 3.63) is 51.8 Å². The Morgan fingerprint density at radius 3 is 2.65 bits per heavy atom. The first-order valence-electron chi connectivity index (χ1n) is 7.03. The van der Waals surface area contributed by atoms with E-state index in [4.69, 9.17) is 0 Å². The third kappa shape index (κ3) is 1.85. The minimum Gasteiger partial charge on any atom is -0.494 e. The Labute approximate surface area is 139 Å². The number of aryl methyl sites for hydroxylation is 1. The summed E-state index contributed by atoms with van der Waals surface area (Å²) in [5.74, 6) is 0.0864. The van der Waals surface area contributed by atoms with Crippen molar-refractivity contribution in [3.63, 3.8) is 0 Å². The molecule has 0 radical (unpaired) electrons. The average Bonchev–Trinajstić information content (AvgIpc) is 3.04. The highest BCUT2D eigenvalue weighted by Gasteiger charge is 2.23. The maximum atomic E-state index is 11.4. The highest BCUT2D eigenvalue weighted by atomic mass is 79.9. The SMILES string of the molecule is Cn1c(O)c(-c2[nH]c3ccccc3c2N=O)c2cccc(Br)c21. The van der Waals surface area contributed by atoms with Crippen molar-refractivity contribution in [1.29, 1.82) is 0 Å². The largest absolute Gasteiger partial charge is 0.494 e. The fourth-order valence-corrected chi connectivity index (χ4v) is 3.73. The quantitative estimate of drug-likeness (QED) is 0.477. The van der Waals surface area contributed by atoms with Crippen LogP contribution in [0.1, 0.15) is 0 Å². The zero-order valence-corrected chi connectivity index (χ0v) is 13.8. The van der Waals surface area contributed by atoms with Crippen molar-refractivity contribution >= 4 is 43.4 Å². The van der Waals surface area contributed by atoms with Crippen molar-refractivity contribution in [2.45, 2.75) is 0 Å². The molecule has 0 bridgehead atoms. The van der Waals surface area contributed by atoms with Gasteiger partial charge in [-0.3, -0.25) is 0 Å². The smallest absolute Gasteiger partial charge is 0.201 e. The van der Waals surface area contributed by atoms with E-state index in [1.165, 1.54) is 0 Å². The van der Waals surface area contributed by atoms with Crippen LogP contribution in [0.5, 0.6) is 5.88 Å². The Hall–Kier alpha value is -2.60. The predicted molar refractivity (Wildman–Crippen MR) is 95.0 cm³/mol. The molecule has 2 N–H and O–H groups in total. The highest BCUT2D eigenvalue weighted by molar-refractivity contribution is 9.10. The lowest BCUT2D eigenvalue weighted by molar-refractivity contribution is 0.437. The molecule has 4 rings (SSSR count). The molecule has 0 aliphatic heterocycles. The molecular weight excluding hydrogens is 358 g/mol. The van der Waals surface area contributed by atoms with E-state index in [9.17, 15) is 10.0 Å². The first-order valence-corrected chi connectivity index (χ1v) is 7.83. The number of fused-ring (bicyclic) bond motifs is 2. The van der Waals surface area contributed by atoms with Gasteiger partial charge in [0.2, 0.25) is 5.88 Å². The molecule has 0 saturated carbocycles. The first-order chi connectivity index (χ1) is 11.1. The number of hydrogen-bond acceptors (Lipinski definition) is 3. The van der Waals surface area contributed by atoms with Gasteiger partial charge in [-0.05, 0) is 33.2 Å². The normalized spacial score (nSPS) is 11.4. The van der Waals surface area contributed by atoms with Crippen molar-refractivity contribution in [2.75, 3.05) is 0 Å². The highest BCUT2D eigenvalue weighted by Crippen LogP contribution is 2.46. The summed E-state index contributed by atoms with van der Waals surface area (Å²) in [7, 11) is 1.78. The van der Waals surface area contributed by atoms with Gasteiger partial charge in [-0.2, -0.15) is 0 Å². The Morgan fingerprint density at radius 2 is 1.87 bits per heavy atom. The van der Waals surface area contributed by atoms with Gasteiger partial charge in [0.25, 0.3) is 0 Å². The van der Waals surface area contributed by atoms with Crippen LogP contribution in [0.3, 0.4) is 0 Å². The number of halogens is 1. The van der Waals surface area contributed by atoms with Crippen molar-refractivity contribution < 1.29 is 5.11 Å². The van der Waals surface area contributed by atoms with Gasteiger partial charge in [0.1, 0.15) is 5.69 Å². The summed E-state index contributed by atoms with van der Waals surface area (Å²) >= 11 is 3.51. The second-order valence-corrected chi connectivity index (χ2v) is 6.23. The lowest BCUT2D eigenvalue weighted by atomic mass is 10.1. The Balaban J connectivity index is 2.18. The molecule has 23 heavy (non-hydrogen) atoms. The number of nitrogens with zero attached hydrogens (tertiary/aromatic N) is 2. The van der Waals surface area contributed by atoms with E-state index in [-0.39, 0.29) is 5.88 Å². The van der Waals surface area contributed by atoms with Crippen LogP contribution in [0.15, 0.2) is 52.1 Å². The Kier molecular flexibility index (Phi) is 3.02. The Morgan fingerprint density at radius 1 is 1.13 bits per heavy atom. The molecule has 6 heteroatoms. The monoisotopic (exact) mass is 369 g/mol. The van der Waals surface area contributed by atoms with Crippen LogP contribution >= 0.6 is 15.9 Å².